The van der Waals surface area contributed by atoms with E-state index in [2.05, 4.69) is 15.5 Å². The van der Waals surface area contributed by atoms with Gasteiger partial charge in [0.15, 0.2) is 0 Å². The number of ether oxygens (including phenoxy) is 3. The van der Waals surface area contributed by atoms with Crippen LogP contribution in [0, 0.1) is 0 Å². The molecule has 7 nitrogen and oxygen atoms in total. The Morgan fingerprint density at radius 2 is 1.58 bits per heavy atom. The average molecular weight is 372 g/mol. The quantitative estimate of drug-likeness (QED) is 0.422. The molecule has 136 valence electrons. The van der Waals surface area contributed by atoms with Gasteiger partial charge < -0.3 is 14.2 Å². The highest BCUT2D eigenvalue weighted by atomic mass is 32.2. The number of methoxy groups -OCH3 is 1. The van der Waals surface area contributed by atoms with Gasteiger partial charge in [0, 0.05) is 5.75 Å². The van der Waals surface area contributed by atoms with Gasteiger partial charge in [-0.2, -0.15) is 4.68 Å². The van der Waals surface area contributed by atoms with Gasteiger partial charge in [-0.3, -0.25) is 0 Å². The van der Waals surface area contributed by atoms with Gasteiger partial charge in [-0.15, -0.1) is 5.10 Å². The summed E-state index contributed by atoms with van der Waals surface area (Å²) in [5.41, 5.74) is 0.880. The standard InChI is InChI=1S/C18H20N4O3S/c1-3-24-16-8-10-17(11-9-16)25-12-13-26-18-19-20-21-22(18)14-4-6-15(23-2)7-5-14/h4-11H,3,12-13H2,1-2H3. The van der Waals surface area contributed by atoms with Gasteiger partial charge in [0.05, 0.1) is 26.0 Å². The van der Waals surface area contributed by atoms with Crippen molar-refractivity contribution in [1.29, 1.82) is 0 Å². The van der Waals surface area contributed by atoms with Crippen LogP contribution in [0.25, 0.3) is 5.69 Å². The van der Waals surface area contributed by atoms with E-state index in [4.69, 9.17) is 14.2 Å². The minimum Gasteiger partial charge on any atom is -0.497 e. The molecule has 1 aromatic heterocycles. The lowest BCUT2D eigenvalue weighted by molar-refractivity contribution is 0.332. The fourth-order valence-electron chi connectivity index (χ4n) is 2.25. The highest BCUT2D eigenvalue weighted by Gasteiger charge is 2.09. The summed E-state index contributed by atoms with van der Waals surface area (Å²) in [5.74, 6) is 3.17. The SMILES string of the molecule is CCOc1ccc(OCCSc2nnnn2-c2ccc(OC)cc2)cc1. The molecule has 0 unspecified atom stereocenters. The van der Waals surface area contributed by atoms with Crippen LogP contribution < -0.4 is 14.2 Å². The van der Waals surface area contributed by atoms with Crippen molar-refractivity contribution in [3.63, 3.8) is 0 Å². The van der Waals surface area contributed by atoms with Gasteiger partial charge in [-0.05, 0) is 65.9 Å². The normalized spacial score (nSPS) is 10.5. The van der Waals surface area contributed by atoms with E-state index in [1.54, 1.807) is 11.8 Å². The van der Waals surface area contributed by atoms with E-state index in [0.717, 1.165) is 28.7 Å². The zero-order chi connectivity index (χ0) is 18.2. The largest absolute Gasteiger partial charge is 0.497 e. The third-order valence-corrected chi connectivity index (χ3v) is 4.36. The van der Waals surface area contributed by atoms with E-state index in [9.17, 15) is 0 Å². The maximum absolute atomic E-state index is 5.74. The lowest BCUT2D eigenvalue weighted by atomic mass is 10.3. The van der Waals surface area contributed by atoms with Crippen molar-refractivity contribution in [2.75, 3.05) is 26.1 Å². The molecule has 26 heavy (non-hydrogen) atoms. The van der Waals surface area contributed by atoms with E-state index in [0.29, 0.717) is 18.4 Å². The molecule has 0 saturated carbocycles. The van der Waals surface area contributed by atoms with Crippen LogP contribution in [0.15, 0.2) is 53.7 Å². The second-order valence-electron chi connectivity index (χ2n) is 5.17. The summed E-state index contributed by atoms with van der Waals surface area (Å²) in [6.45, 7) is 3.16. The molecule has 0 amide bonds. The second kappa shape index (κ2) is 9.10. The highest BCUT2D eigenvalue weighted by Crippen LogP contribution is 2.21. The van der Waals surface area contributed by atoms with Crippen LogP contribution in [0.5, 0.6) is 17.2 Å². The van der Waals surface area contributed by atoms with Crippen molar-refractivity contribution in [3.8, 4) is 22.9 Å². The molecule has 0 atom stereocenters. The molecule has 0 saturated heterocycles. The Morgan fingerprint density at radius 1 is 0.923 bits per heavy atom. The van der Waals surface area contributed by atoms with E-state index in [1.807, 2.05) is 55.5 Å². The number of thioether (sulfide) groups is 1. The number of hydrogen-bond donors (Lipinski definition) is 0. The first kappa shape index (κ1) is 18.1. The molecule has 0 aliphatic rings. The second-order valence-corrected chi connectivity index (χ2v) is 6.23. The van der Waals surface area contributed by atoms with E-state index >= 15 is 0 Å². The van der Waals surface area contributed by atoms with E-state index in [1.165, 1.54) is 11.8 Å². The molecule has 0 spiro atoms. The van der Waals surface area contributed by atoms with Crippen LogP contribution in [0.1, 0.15) is 6.92 Å². The molecule has 0 aliphatic carbocycles. The fourth-order valence-corrected chi connectivity index (χ4v) is 2.95. The number of tetrazole rings is 1. The Balaban J connectivity index is 1.51. The van der Waals surface area contributed by atoms with Gasteiger partial charge >= 0.3 is 0 Å². The topological polar surface area (TPSA) is 71.3 Å². The molecular formula is C18H20N4O3S. The maximum Gasteiger partial charge on any atom is 0.214 e. The Hall–Kier alpha value is -2.74. The van der Waals surface area contributed by atoms with Crippen molar-refractivity contribution in [3.05, 3.63) is 48.5 Å². The first-order valence-electron chi connectivity index (χ1n) is 8.21. The summed E-state index contributed by atoms with van der Waals surface area (Å²) in [4.78, 5) is 0. The third kappa shape index (κ3) is 4.66. The van der Waals surface area contributed by atoms with Crippen molar-refractivity contribution in [1.82, 2.24) is 20.2 Å². The molecular weight excluding hydrogens is 352 g/mol. The number of nitrogens with zero attached hydrogens (tertiary/aromatic N) is 4. The van der Waals surface area contributed by atoms with Crippen LogP contribution in [0.3, 0.4) is 0 Å². The predicted molar refractivity (Wildman–Crippen MR) is 99.5 cm³/mol. The summed E-state index contributed by atoms with van der Waals surface area (Å²) in [6, 6.07) is 15.2. The first-order valence-corrected chi connectivity index (χ1v) is 9.20. The van der Waals surface area contributed by atoms with Crippen molar-refractivity contribution >= 4 is 11.8 Å². The number of hydrogen-bond acceptors (Lipinski definition) is 7. The maximum atomic E-state index is 5.74. The van der Waals surface area contributed by atoms with Crippen LogP contribution >= 0.6 is 11.8 Å². The summed E-state index contributed by atoms with van der Waals surface area (Å²) in [7, 11) is 1.64. The fraction of sp³-hybridized carbons (Fsp3) is 0.278. The van der Waals surface area contributed by atoms with Crippen LogP contribution in [-0.4, -0.2) is 46.3 Å². The lowest BCUT2D eigenvalue weighted by Gasteiger charge is -2.08. The molecule has 3 aromatic rings. The molecule has 0 radical (unpaired) electrons. The van der Waals surface area contributed by atoms with Gasteiger partial charge in [0.2, 0.25) is 5.16 Å². The summed E-state index contributed by atoms with van der Waals surface area (Å²) in [6.07, 6.45) is 0. The monoisotopic (exact) mass is 372 g/mol. The summed E-state index contributed by atoms with van der Waals surface area (Å²) in [5, 5.41) is 12.6. The van der Waals surface area contributed by atoms with Gasteiger partial charge in [-0.1, -0.05) is 11.8 Å². The third-order valence-electron chi connectivity index (χ3n) is 3.48. The zero-order valence-corrected chi connectivity index (χ0v) is 15.5. The predicted octanol–water partition coefficient (Wildman–Crippen LogP) is 3.24. The molecule has 1 heterocycles. The number of aromatic nitrogens is 4. The average Bonchev–Trinajstić information content (AvgIpc) is 3.15. The minimum absolute atomic E-state index is 0.550. The van der Waals surface area contributed by atoms with Crippen molar-refractivity contribution < 1.29 is 14.2 Å². The van der Waals surface area contributed by atoms with E-state index in [-0.39, 0.29) is 0 Å². The van der Waals surface area contributed by atoms with E-state index < -0.39 is 0 Å². The molecule has 3 rings (SSSR count). The minimum atomic E-state index is 0.550. The Kier molecular flexibility index (Phi) is 6.32. The van der Waals surface area contributed by atoms with Crippen LogP contribution in [0.2, 0.25) is 0 Å². The lowest BCUT2D eigenvalue weighted by Crippen LogP contribution is -2.03. The smallest absolute Gasteiger partial charge is 0.214 e. The first-order chi connectivity index (χ1) is 12.8. The summed E-state index contributed by atoms with van der Waals surface area (Å²) >= 11 is 1.53. The zero-order valence-electron chi connectivity index (χ0n) is 14.7. The van der Waals surface area contributed by atoms with Gasteiger partial charge in [-0.25, -0.2) is 0 Å². The Bertz CT molecular complexity index is 806. The van der Waals surface area contributed by atoms with Crippen LogP contribution in [-0.2, 0) is 0 Å². The molecule has 0 aliphatic heterocycles. The van der Waals surface area contributed by atoms with Crippen LogP contribution in [0.4, 0.5) is 0 Å². The number of rotatable bonds is 9. The molecule has 2 aromatic carbocycles. The Morgan fingerprint density at radius 3 is 2.23 bits per heavy atom. The molecule has 0 bridgehead atoms. The van der Waals surface area contributed by atoms with Crippen molar-refractivity contribution in [2.24, 2.45) is 0 Å². The van der Waals surface area contributed by atoms with Gasteiger partial charge in [0.25, 0.3) is 0 Å². The number of benzene rings is 2. The molecule has 8 heteroatoms. The highest BCUT2D eigenvalue weighted by molar-refractivity contribution is 7.99. The van der Waals surface area contributed by atoms with Gasteiger partial charge in [0.1, 0.15) is 17.2 Å². The Labute approximate surface area is 156 Å². The van der Waals surface area contributed by atoms with Crippen molar-refractivity contribution in [2.45, 2.75) is 12.1 Å². The molecule has 0 N–H and O–H groups in total. The molecule has 0 fully saturated rings. The summed E-state index contributed by atoms with van der Waals surface area (Å²) < 4.78 is 18.0.